The summed E-state index contributed by atoms with van der Waals surface area (Å²) >= 11 is 0. The van der Waals surface area contributed by atoms with Gasteiger partial charge in [0.2, 0.25) is 0 Å². The molecule has 2 aliphatic rings. The van der Waals surface area contributed by atoms with Crippen molar-refractivity contribution in [2.45, 2.75) is 37.8 Å². The van der Waals surface area contributed by atoms with Gasteiger partial charge >= 0.3 is 0 Å². The molecular weight excluding hydrogens is 248 g/mol. The van der Waals surface area contributed by atoms with Gasteiger partial charge in [0.1, 0.15) is 0 Å². The molecule has 20 heavy (non-hydrogen) atoms. The van der Waals surface area contributed by atoms with Crippen LogP contribution >= 0.6 is 0 Å². The van der Waals surface area contributed by atoms with Crippen molar-refractivity contribution in [1.82, 2.24) is 10.2 Å². The topological polar surface area (TPSA) is 24.5 Å². The summed E-state index contributed by atoms with van der Waals surface area (Å²) in [5, 5.41) is 3.56. The minimum absolute atomic E-state index is 0.0415. The monoisotopic (exact) mass is 274 g/mol. The molecule has 3 nitrogen and oxygen atoms in total. The zero-order valence-corrected chi connectivity index (χ0v) is 12.7. The molecule has 3 rings (SSSR count). The second-order valence-electron chi connectivity index (χ2n) is 6.52. The van der Waals surface area contributed by atoms with Crippen LogP contribution in [0.25, 0.3) is 0 Å². The Morgan fingerprint density at radius 2 is 2.25 bits per heavy atom. The summed E-state index contributed by atoms with van der Waals surface area (Å²) in [6.07, 6.45) is 2.42. The van der Waals surface area contributed by atoms with Gasteiger partial charge in [-0.15, -0.1) is 0 Å². The molecule has 2 unspecified atom stereocenters. The number of nitrogens with zero attached hydrogens (tertiary/aromatic N) is 1. The van der Waals surface area contributed by atoms with E-state index in [0.29, 0.717) is 5.92 Å². The number of benzene rings is 1. The highest BCUT2D eigenvalue weighted by Crippen LogP contribution is 2.28. The van der Waals surface area contributed by atoms with E-state index in [0.717, 1.165) is 26.2 Å². The highest BCUT2D eigenvalue weighted by atomic mass is 16.5. The Kier molecular flexibility index (Phi) is 4.11. The predicted octanol–water partition coefficient (Wildman–Crippen LogP) is 2.37. The molecule has 110 valence electrons. The Hall–Kier alpha value is -0.900. The number of rotatable bonds is 3. The predicted molar refractivity (Wildman–Crippen MR) is 82.0 cm³/mol. The number of hydrogen-bond acceptors (Lipinski definition) is 3. The Morgan fingerprint density at radius 3 is 3.10 bits per heavy atom. The number of methoxy groups -OCH3 is 1. The van der Waals surface area contributed by atoms with Gasteiger partial charge in [-0.05, 0) is 37.4 Å². The summed E-state index contributed by atoms with van der Waals surface area (Å²) in [5.74, 6) is 0.610. The largest absolute Gasteiger partial charge is 0.377 e. The second-order valence-corrected chi connectivity index (χ2v) is 6.52. The first-order valence-electron chi connectivity index (χ1n) is 7.76. The van der Waals surface area contributed by atoms with Crippen LogP contribution in [0.1, 0.15) is 36.8 Å². The number of fused-ring (bicyclic) bond motifs is 1. The van der Waals surface area contributed by atoms with E-state index in [1.807, 2.05) is 7.11 Å². The van der Waals surface area contributed by atoms with E-state index in [2.05, 4.69) is 41.4 Å². The van der Waals surface area contributed by atoms with Gasteiger partial charge in [-0.3, -0.25) is 4.90 Å². The van der Waals surface area contributed by atoms with E-state index in [4.69, 9.17) is 4.74 Å². The Balaban J connectivity index is 1.70. The van der Waals surface area contributed by atoms with Crippen molar-refractivity contribution in [2.75, 3.05) is 33.3 Å². The zero-order valence-electron chi connectivity index (χ0n) is 12.7. The zero-order chi connectivity index (χ0) is 14.0. The molecule has 0 spiro atoms. The van der Waals surface area contributed by atoms with Crippen molar-refractivity contribution in [3.05, 3.63) is 35.4 Å². The van der Waals surface area contributed by atoms with Crippen LogP contribution < -0.4 is 5.32 Å². The number of nitrogens with one attached hydrogen (secondary N) is 1. The summed E-state index contributed by atoms with van der Waals surface area (Å²) in [5.41, 5.74) is 3.05. The third-order valence-electron chi connectivity index (χ3n) is 4.91. The van der Waals surface area contributed by atoms with Crippen LogP contribution in [-0.2, 0) is 11.3 Å². The highest BCUT2D eigenvalue weighted by Gasteiger charge is 2.32. The smallest absolute Gasteiger partial charge is 0.0777 e. The van der Waals surface area contributed by atoms with Gasteiger partial charge in [0.15, 0.2) is 0 Å². The Bertz CT molecular complexity index is 462. The summed E-state index contributed by atoms with van der Waals surface area (Å²) in [7, 11) is 1.85. The minimum atomic E-state index is 0.0415. The third-order valence-corrected chi connectivity index (χ3v) is 4.91. The van der Waals surface area contributed by atoms with Gasteiger partial charge in [-0.1, -0.05) is 24.3 Å². The summed E-state index contributed by atoms with van der Waals surface area (Å²) < 4.78 is 5.71. The molecule has 2 heterocycles. The van der Waals surface area contributed by atoms with Crippen molar-refractivity contribution in [3.8, 4) is 0 Å². The molecule has 0 bridgehead atoms. The van der Waals surface area contributed by atoms with Crippen LogP contribution in [0.4, 0.5) is 0 Å². The molecule has 1 fully saturated rings. The van der Waals surface area contributed by atoms with Crippen LogP contribution in [0.2, 0.25) is 0 Å². The molecular formula is C17H26N2O. The molecule has 0 aliphatic carbocycles. The SMILES string of the molecule is COC1(C)CCCN(CC2CNCc3ccccc32)C1. The lowest BCUT2D eigenvalue weighted by Gasteiger charge is -2.41. The van der Waals surface area contributed by atoms with E-state index < -0.39 is 0 Å². The average molecular weight is 274 g/mol. The summed E-state index contributed by atoms with van der Waals surface area (Å²) in [6.45, 7) is 7.76. The molecule has 1 aromatic rings. The molecule has 1 N–H and O–H groups in total. The number of hydrogen-bond donors (Lipinski definition) is 1. The van der Waals surface area contributed by atoms with Gasteiger partial charge < -0.3 is 10.1 Å². The fourth-order valence-electron chi connectivity index (χ4n) is 3.69. The molecule has 0 aromatic heterocycles. The van der Waals surface area contributed by atoms with E-state index in [1.165, 1.54) is 30.5 Å². The maximum Gasteiger partial charge on any atom is 0.0777 e. The maximum atomic E-state index is 5.71. The minimum Gasteiger partial charge on any atom is -0.377 e. The summed E-state index contributed by atoms with van der Waals surface area (Å²) in [6, 6.07) is 8.88. The molecule has 3 heteroatoms. The van der Waals surface area contributed by atoms with Crippen molar-refractivity contribution in [1.29, 1.82) is 0 Å². The highest BCUT2D eigenvalue weighted by molar-refractivity contribution is 5.33. The maximum absolute atomic E-state index is 5.71. The molecule has 2 aliphatic heterocycles. The molecule has 1 saturated heterocycles. The number of ether oxygens (including phenoxy) is 1. The van der Waals surface area contributed by atoms with E-state index in [1.54, 1.807) is 0 Å². The quantitative estimate of drug-likeness (QED) is 0.916. The molecule has 0 saturated carbocycles. The van der Waals surface area contributed by atoms with Gasteiger partial charge in [0.05, 0.1) is 5.60 Å². The molecule has 0 amide bonds. The molecule has 0 radical (unpaired) electrons. The van der Waals surface area contributed by atoms with Crippen LogP contribution in [-0.4, -0.2) is 43.8 Å². The third kappa shape index (κ3) is 2.90. The van der Waals surface area contributed by atoms with Crippen LogP contribution in [0, 0.1) is 0 Å². The van der Waals surface area contributed by atoms with E-state index >= 15 is 0 Å². The molecule has 2 atom stereocenters. The van der Waals surface area contributed by atoms with Gasteiger partial charge in [0.25, 0.3) is 0 Å². The van der Waals surface area contributed by atoms with Crippen LogP contribution in [0.5, 0.6) is 0 Å². The normalized spacial score (nSPS) is 31.0. The van der Waals surface area contributed by atoms with Crippen LogP contribution in [0.15, 0.2) is 24.3 Å². The average Bonchev–Trinajstić information content (AvgIpc) is 2.48. The Morgan fingerprint density at radius 1 is 1.40 bits per heavy atom. The van der Waals surface area contributed by atoms with Gasteiger partial charge in [-0.2, -0.15) is 0 Å². The van der Waals surface area contributed by atoms with Gasteiger partial charge in [0, 0.05) is 39.2 Å². The van der Waals surface area contributed by atoms with Crippen molar-refractivity contribution >= 4 is 0 Å². The van der Waals surface area contributed by atoms with Crippen LogP contribution in [0.3, 0.4) is 0 Å². The number of piperidine rings is 1. The first kappa shape index (κ1) is 14.1. The fraction of sp³-hybridized carbons (Fsp3) is 0.647. The van der Waals surface area contributed by atoms with Gasteiger partial charge in [-0.25, -0.2) is 0 Å². The lowest BCUT2D eigenvalue weighted by molar-refractivity contribution is -0.0518. The van der Waals surface area contributed by atoms with E-state index in [9.17, 15) is 0 Å². The van der Waals surface area contributed by atoms with Crippen molar-refractivity contribution in [2.24, 2.45) is 0 Å². The fourth-order valence-corrected chi connectivity index (χ4v) is 3.69. The molecule has 1 aromatic carbocycles. The standard InChI is InChI=1S/C17H26N2O/c1-17(20-2)8-5-9-19(13-17)12-15-11-18-10-14-6-3-4-7-16(14)15/h3-4,6-7,15,18H,5,8-13H2,1-2H3. The first-order valence-corrected chi connectivity index (χ1v) is 7.76. The first-order chi connectivity index (χ1) is 9.70. The summed E-state index contributed by atoms with van der Waals surface area (Å²) in [4.78, 5) is 2.58. The van der Waals surface area contributed by atoms with Crippen molar-refractivity contribution in [3.63, 3.8) is 0 Å². The lowest BCUT2D eigenvalue weighted by Crippen LogP contribution is -2.49. The van der Waals surface area contributed by atoms with Crippen molar-refractivity contribution < 1.29 is 4.74 Å². The lowest BCUT2D eigenvalue weighted by atomic mass is 9.88. The Labute approximate surface area is 122 Å². The number of likely N-dealkylation sites (tertiary alicyclic amines) is 1. The van der Waals surface area contributed by atoms with E-state index in [-0.39, 0.29) is 5.60 Å². The second kappa shape index (κ2) is 5.84.